The molecule has 1 rings (SSSR count). The van der Waals surface area contributed by atoms with Gasteiger partial charge in [0.05, 0.1) is 12.6 Å². The average molecular weight is 210 g/mol. The van der Waals surface area contributed by atoms with Crippen LogP contribution in [0, 0.1) is 0 Å². The maximum absolute atomic E-state index is 10.8. The van der Waals surface area contributed by atoms with E-state index in [1.807, 2.05) is 0 Å². The number of carbonyl (C=O) groups excluding carboxylic acids is 1. The minimum absolute atomic E-state index is 0.166. The van der Waals surface area contributed by atoms with E-state index in [-0.39, 0.29) is 6.04 Å². The quantitative estimate of drug-likeness (QED) is 0.556. The molecule has 4 nitrogen and oxygen atoms in total. The third-order valence-corrected chi connectivity index (χ3v) is 2.30. The maximum atomic E-state index is 10.8. The lowest BCUT2D eigenvalue weighted by molar-refractivity contribution is -0.119. The van der Waals surface area contributed by atoms with Crippen molar-refractivity contribution < 1.29 is 9.53 Å². The number of hydrogen-bond acceptors (Lipinski definition) is 3. The number of nitrogens with zero attached hydrogens (tertiary/aromatic N) is 1. The number of carbonyl (C=O) groups is 1. The van der Waals surface area contributed by atoms with Crippen LogP contribution < -0.4 is 5.73 Å². The molecule has 0 aromatic heterocycles. The fourth-order valence-electron chi connectivity index (χ4n) is 1.50. The normalized spacial score (nSPS) is 23.0. The first-order valence-electron chi connectivity index (χ1n) is 5.15. The van der Waals surface area contributed by atoms with Crippen molar-refractivity contribution in [2.24, 2.45) is 5.73 Å². The highest BCUT2D eigenvalue weighted by molar-refractivity contribution is 5.50. The van der Waals surface area contributed by atoms with Crippen LogP contribution in [0.4, 0.5) is 0 Å². The van der Waals surface area contributed by atoms with Crippen molar-refractivity contribution in [2.75, 3.05) is 13.2 Å². The van der Waals surface area contributed by atoms with Gasteiger partial charge >= 0.3 is 0 Å². The zero-order chi connectivity index (χ0) is 11.1. The van der Waals surface area contributed by atoms with Gasteiger partial charge in [-0.1, -0.05) is 0 Å². The standard InChI is InChI=1S/C11H18N2O2/c1-10(12)4-2-6-13(9-14)11-5-3-7-15-8-11/h2,4,6,9,11H,3,5,7-8,12H2,1H3/b6-2-,10-4+. The second-order valence-corrected chi connectivity index (χ2v) is 3.68. The van der Waals surface area contributed by atoms with E-state index >= 15 is 0 Å². The van der Waals surface area contributed by atoms with Crippen LogP contribution in [0.25, 0.3) is 0 Å². The van der Waals surface area contributed by atoms with Gasteiger partial charge in [-0.3, -0.25) is 4.79 Å². The Morgan fingerprint density at radius 2 is 2.40 bits per heavy atom. The highest BCUT2D eigenvalue weighted by atomic mass is 16.5. The number of hydrogen-bond donors (Lipinski definition) is 1. The van der Waals surface area contributed by atoms with Gasteiger partial charge in [0.2, 0.25) is 6.41 Å². The molecule has 2 N–H and O–H groups in total. The van der Waals surface area contributed by atoms with Crippen molar-refractivity contribution in [3.05, 3.63) is 24.0 Å². The molecule has 0 aromatic carbocycles. The number of rotatable bonds is 4. The van der Waals surface area contributed by atoms with Crippen LogP contribution in [0.1, 0.15) is 19.8 Å². The summed E-state index contributed by atoms with van der Waals surface area (Å²) in [5, 5.41) is 0. The lowest BCUT2D eigenvalue weighted by atomic mass is 10.1. The van der Waals surface area contributed by atoms with E-state index in [4.69, 9.17) is 10.5 Å². The van der Waals surface area contributed by atoms with Gasteiger partial charge in [0, 0.05) is 18.5 Å². The molecule has 1 heterocycles. The smallest absolute Gasteiger partial charge is 0.214 e. The Balaban J connectivity index is 2.50. The molecule has 1 fully saturated rings. The first kappa shape index (κ1) is 11.8. The molecule has 0 radical (unpaired) electrons. The summed E-state index contributed by atoms with van der Waals surface area (Å²) < 4.78 is 5.32. The molecule has 4 heteroatoms. The van der Waals surface area contributed by atoms with Gasteiger partial charge in [0.1, 0.15) is 0 Å². The Kier molecular flexibility index (Phi) is 4.90. The molecular weight excluding hydrogens is 192 g/mol. The van der Waals surface area contributed by atoms with Crippen molar-refractivity contribution in [1.29, 1.82) is 0 Å². The van der Waals surface area contributed by atoms with Gasteiger partial charge in [-0.15, -0.1) is 0 Å². The van der Waals surface area contributed by atoms with E-state index in [1.165, 1.54) is 0 Å². The largest absolute Gasteiger partial charge is 0.402 e. The van der Waals surface area contributed by atoms with Crippen molar-refractivity contribution in [2.45, 2.75) is 25.8 Å². The van der Waals surface area contributed by atoms with Crippen molar-refractivity contribution in [3.63, 3.8) is 0 Å². The van der Waals surface area contributed by atoms with Crippen molar-refractivity contribution >= 4 is 6.41 Å². The number of nitrogens with two attached hydrogens (primary N) is 1. The minimum atomic E-state index is 0.166. The molecule has 1 unspecified atom stereocenters. The molecule has 1 saturated heterocycles. The molecule has 0 aliphatic carbocycles. The number of amides is 1. The highest BCUT2D eigenvalue weighted by Crippen LogP contribution is 2.12. The molecule has 84 valence electrons. The Morgan fingerprint density at radius 1 is 1.60 bits per heavy atom. The summed E-state index contributed by atoms with van der Waals surface area (Å²) in [5.41, 5.74) is 6.20. The number of allylic oxidation sites excluding steroid dienone is 3. The van der Waals surface area contributed by atoms with E-state index in [0.29, 0.717) is 6.61 Å². The summed E-state index contributed by atoms with van der Waals surface area (Å²) >= 11 is 0. The van der Waals surface area contributed by atoms with E-state index in [0.717, 1.165) is 31.6 Å². The van der Waals surface area contributed by atoms with E-state index in [2.05, 4.69) is 0 Å². The minimum Gasteiger partial charge on any atom is -0.402 e. The van der Waals surface area contributed by atoms with Crippen LogP contribution in [0.3, 0.4) is 0 Å². The van der Waals surface area contributed by atoms with Gasteiger partial charge in [-0.2, -0.15) is 0 Å². The summed E-state index contributed by atoms with van der Waals surface area (Å²) in [6.07, 6.45) is 8.11. The lowest BCUT2D eigenvalue weighted by Crippen LogP contribution is -2.36. The van der Waals surface area contributed by atoms with Crippen molar-refractivity contribution in [1.82, 2.24) is 4.90 Å². The summed E-state index contributed by atoms with van der Waals surface area (Å²) in [6.45, 7) is 3.22. The molecule has 0 spiro atoms. The molecule has 0 saturated carbocycles. The Bertz CT molecular complexity index is 251. The van der Waals surface area contributed by atoms with Gasteiger partial charge in [0.15, 0.2) is 0 Å². The van der Waals surface area contributed by atoms with E-state index < -0.39 is 0 Å². The Labute approximate surface area is 90.4 Å². The second kappa shape index (κ2) is 6.24. The molecule has 1 aliphatic rings. The van der Waals surface area contributed by atoms with Crippen LogP contribution >= 0.6 is 0 Å². The van der Waals surface area contributed by atoms with Crippen LogP contribution in [0.5, 0.6) is 0 Å². The first-order chi connectivity index (χ1) is 7.24. The summed E-state index contributed by atoms with van der Waals surface area (Å²) in [6, 6.07) is 0.166. The van der Waals surface area contributed by atoms with Crippen LogP contribution in [-0.2, 0) is 9.53 Å². The topological polar surface area (TPSA) is 55.6 Å². The first-order valence-corrected chi connectivity index (χ1v) is 5.15. The maximum Gasteiger partial charge on any atom is 0.214 e. The van der Waals surface area contributed by atoms with Crippen LogP contribution in [0.15, 0.2) is 24.0 Å². The molecule has 0 bridgehead atoms. The molecular formula is C11H18N2O2. The predicted octanol–water partition coefficient (Wildman–Crippen LogP) is 1.00. The second-order valence-electron chi connectivity index (χ2n) is 3.68. The van der Waals surface area contributed by atoms with Gasteiger partial charge in [-0.25, -0.2) is 0 Å². The zero-order valence-electron chi connectivity index (χ0n) is 9.06. The average Bonchev–Trinajstić information content (AvgIpc) is 2.25. The third kappa shape index (κ3) is 4.16. The van der Waals surface area contributed by atoms with Gasteiger partial charge < -0.3 is 15.4 Å². The predicted molar refractivity (Wildman–Crippen MR) is 58.8 cm³/mol. The molecule has 1 atom stereocenters. The SMILES string of the molecule is C/C(N)=C\C=C/N(C=O)C1CCCOC1. The van der Waals surface area contributed by atoms with Crippen molar-refractivity contribution in [3.8, 4) is 0 Å². The van der Waals surface area contributed by atoms with Crippen LogP contribution in [0.2, 0.25) is 0 Å². The molecule has 1 amide bonds. The molecule has 0 aromatic rings. The van der Waals surface area contributed by atoms with Gasteiger partial charge in [-0.05, 0) is 31.9 Å². The Hall–Kier alpha value is -1.29. The fraction of sp³-hybridized carbons (Fsp3) is 0.545. The van der Waals surface area contributed by atoms with E-state index in [1.54, 1.807) is 30.2 Å². The summed E-state index contributed by atoms with van der Waals surface area (Å²) in [4.78, 5) is 12.5. The monoisotopic (exact) mass is 210 g/mol. The lowest BCUT2D eigenvalue weighted by Gasteiger charge is -2.28. The zero-order valence-corrected chi connectivity index (χ0v) is 9.06. The Morgan fingerprint density at radius 3 is 2.93 bits per heavy atom. The summed E-state index contributed by atoms with van der Waals surface area (Å²) in [5.74, 6) is 0. The van der Waals surface area contributed by atoms with E-state index in [9.17, 15) is 4.79 Å². The highest BCUT2D eigenvalue weighted by Gasteiger charge is 2.18. The summed E-state index contributed by atoms with van der Waals surface area (Å²) in [7, 11) is 0. The van der Waals surface area contributed by atoms with Crippen LogP contribution in [-0.4, -0.2) is 30.6 Å². The molecule has 1 aliphatic heterocycles. The van der Waals surface area contributed by atoms with Gasteiger partial charge in [0.25, 0.3) is 0 Å². The molecule has 15 heavy (non-hydrogen) atoms. The third-order valence-electron chi connectivity index (χ3n) is 2.30. The number of ether oxygens (including phenoxy) is 1. The fourth-order valence-corrected chi connectivity index (χ4v) is 1.50.